The van der Waals surface area contributed by atoms with Crippen LogP contribution in [0.4, 0.5) is 0 Å². The highest BCUT2D eigenvalue weighted by molar-refractivity contribution is 6.35. The molecule has 0 N–H and O–H groups in total. The number of nitrogens with zero attached hydrogens (tertiary/aromatic N) is 2. The predicted octanol–water partition coefficient (Wildman–Crippen LogP) is 5.77. The molecule has 0 aliphatic heterocycles. The Kier molecular flexibility index (Phi) is 4.11. The van der Waals surface area contributed by atoms with Crippen LogP contribution < -0.4 is 0 Å². The van der Waals surface area contributed by atoms with Gasteiger partial charge in [-0.05, 0) is 35.9 Å². The fourth-order valence-corrected chi connectivity index (χ4v) is 2.57. The molecule has 1 heterocycles. The summed E-state index contributed by atoms with van der Waals surface area (Å²) in [6, 6.07) is 12.8. The van der Waals surface area contributed by atoms with Crippen molar-refractivity contribution < 1.29 is 0 Å². The van der Waals surface area contributed by atoms with Crippen molar-refractivity contribution in [2.75, 3.05) is 0 Å². The molecule has 0 unspecified atom stereocenters. The van der Waals surface area contributed by atoms with Gasteiger partial charge >= 0.3 is 0 Å². The summed E-state index contributed by atoms with van der Waals surface area (Å²) < 4.78 is 0. The highest BCUT2D eigenvalue weighted by atomic mass is 35.5. The number of benzene rings is 2. The molecule has 0 radical (unpaired) electrons. The minimum atomic E-state index is 0.591. The monoisotopic (exact) mass is 334 g/mol. The minimum Gasteiger partial charge on any atom is -0.244 e. The van der Waals surface area contributed by atoms with E-state index in [0.29, 0.717) is 15.1 Å². The first kappa shape index (κ1) is 14.3. The molecular formula is C16H9Cl3N2. The van der Waals surface area contributed by atoms with Crippen molar-refractivity contribution in [2.24, 2.45) is 0 Å². The molecule has 0 saturated carbocycles. The Hall–Kier alpha value is -1.61. The summed E-state index contributed by atoms with van der Waals surface area (Å²) in [5, 5.41) is 1.88. The van der Waals surface area contributed by atoms with Crippen molar-refractivity contribution in [2.45, 2.75) is 0 Å². The number of halogens is 3. The molecule has 0 fully saturated rings. The van der Waals surface area contributed by atoms with Gasteiger partial charge < -0.3 is 0 Å². The first-order valence-corrected chi connectivity index (χ1v) is 7.30. The van der Waals surface area contributed by atoms with E-state index in [1.54, 1.807) is 24.4 Å². The van der Waals surface area contributed by atoms with Gasteiger partial charge in [0, 0.05) is 27.4 Å². The normalized spacial score (nSPS) is 10.6. The molecular weight excluding hydrogens is 327 g/mol. The van der Waals surface area contributed by atoms with Crippen LogP contribution in [0.5, 0.6) is 0 Å². The van der Waals surface area contributed by atoms with Gasteiger partial charge in [0.05, 0.1) is 10.7 Å². The van der Waals surface area contributed by atoms with E-state index in [0.717, 1.165) is 22.4 Å². The van der Waals surface area contributed by atoms with E-state index < -0.39 is 0 Å². The van der Waals surface area contributed by atoms with E-state index in [-0.39, 0.29) is 0 Å². The lowest BCUT2D eigenvalue weighted by molar-refractivity contribution is 1.17. The molecule has 5 heteroatoms. The fraction of sp³-hybridized carbons (Fsp3) is 0. The molecule has 1 aromatic heterocycles. The maximum atomic E-state index is 6.28. The maximum Gasteiger partial charge on any atom is 0.116 e. The van der Waals surface area contributed by atoms with Gasteiger partial charge in [-0.1, -0.05) is 46.9 Å². The van der Waals surface area contributed by atoms with E-state index in [9.17, 15) is 0 Å². The molecule has 2 aromatic carbocycles. The molecule has 104 valence electrons. The van der Waals surface area contributed by atoms with Crippen LogP contribution in [0.25, 0.3) is 22.4 Å². The second kappa shape index (κ2) is 6.02. The van der Waals surface area contributed by atoms with E-state index in [4.69, 9.17) is 34.8 Å². The van der Waals surface area contributed by atoms with Gasteiger partial charge in [-0.15, -0.1) is 0 Å². The third-order valence-corrected chi connectivity index (χ3v) is 3.87. The van der Waals surface area contributed by atoms with Gasteiger partial charge in [0.2, 0.25) is 0 Å². The lowest BCUT2D eigenvalue weighted by Gasteiger charge is -2.10. The zero-order chi connectivity index (χ0) is 14.8. The van der Waals surface area contributed by atoms with Gasteiger partial charge in [0.25, 0.3) is 0 Å². The van der Waals surface area contributed by atoms with Crippen LogP contribution >= 0.6 is 34.8 Å². The highest BCUT2D eigenvalue weighted by Crippen LogP contribution is 2.35. The number of hydrogen-bond acceptors (Lipinski definition) is 2. The van der Waals surface area contributed by atoms with Crippen molar-refractivity contribution in [1.29, 1.82) is 0 Å². The summed E-state index contributed by atoms with van der Waals surface area (Å²) >= 11 is 18.3. The molecule has 0 saturated heterocycles. The first-order valence-electron chi connectivity index (χ1n) is 6.16. The Balaban J connectivity index is 2.20. The Morgan fingerprint density at radius 3 is 2.24 bits per heavy atom. The summed E-state index contributed by atoms with van der Waals surface area (Å²) in [5.41, 5.74) is 3.35. The standard InChI is InChI=1S/C16H9Cl3N2/c17-11-3-1-10(2-4-11)14-8-20-9-21-16(14)13-7-12(18)5-6-15(13)19/h1-9H. The van der Waals surface area contributed by atoms with Crippen LogP contribution in [0.3, 0.4) is 0 Å². The topological polar surface area (TPSA) is 25.8 Å². The smallest absolute Gasteiger partial charge is 0.116 e. The third-order valence-electron chi connectivity index (χ3n) is 3.05. The molecule has 2 nitrogen and oxygen atoms in total. The largest absolute Gasteiger partial charge is 0.244 e. The molecule has 0 spiro atoms. The van der Waals surface area contributed by atoms with Crippen LogP contribution in [0, 0.1) is 0 Å². The third kappa shape index (κ3) is 3.03. The average Bonchev–Trinajstić information content (AvgIpc) is 2.51. The van der Waals surface area contributed by atoms with Gasteiger partial charge in [0.1, 0.15) is 6.33 Å². The van der Waals surface area contributed by atoms with Crippen molar-refractivity contribution in [3.05, 3.63) is 70.1 Å². The zero-order valence-corrected chi connectivity index (χ0v) is 13.0. The molecule has 21 heavy (non-hydrogen) atoms. The maximum absolute atomic E-state index is 6.28. The highest BCUT2D eigenvalue weighted by Gasteiger charge is 2.12. The first-order chi connectivity index (χ1) is 10.1. The van der Waals surface area contributed by atoms with E-state index in [2.05, 4.69) is 9.97 Å². The second-order valence-corrected chi connectivity index (χ2v) is 5.70. The van der Waals surface area contributed by atoms with Crippen LogP contribution in [-0.4, -0.2) is 9.97 Å². The van der Waals surface area contributed by atoms with Crippen LogP contribution in [0.2, 0.25) is 15.1 Å². The quantitative estimate of drug-likeness (QED) is 0.594. The number of aromatic nitrogens is 2. The van der Waals surface area contributed by atoms with Crippen molar-refractivity contribution in [3.8, 4) is 22.4 Å². The van der Waals surface area contributed by atoms with Crippen molar-refractivity contribution >= 4 is 34.8 Å². The average molecular weight is 336 g/mol. The summed E-state index contributed by atoms with van der Waals surface area (Å²) in [4.78, 5) is 8.46. The SMILES string of the molecule is Clc1ccc(-c2cncnc2-c2cc(Cl)ccc2Cl)cc1. The number of hydrogen-bond donors (Lipinski definition) is 0. The lowest BCUT2D eigenvalue weighted by atomic mass is 10.0. The molecule has 0 aliphatic carbocycles. The Bertz CT molecular complexity index is 786. The fourth-order valence-electron chi connectivity index (χ4n) is 2.06. The number of rotatable bonds is 2. The summed E-state index contributed by atoms with van der Waals surface area (Å²) in [5.74, 6) is 0. The van der Waals surface area contributed by atoms with Gasteiger partial charge in [-0.3, -0.25) is 0 Å². The summed E-state index contributed by atoms with van der Waals surface area (Å²) in [7, 11) is 0. The molecule has 0 atom stereocenters. The summed E-state index contributed by atoms with van der Waals surface area (Å²) in [6.07, 6.45) is 3.24. The Morgan fingerprint density at radius 2 is 1.48 bits per heavy atom. The van der Waals surface area contributed by atoms with Gasteiger partial charge in [-0.2, -0.15) is 0 Å². The second-order valence-electron chi connectivity index (χ2n) is 4.42. The van der Waals surface area contributed by atoms with Crippen LogP contribution in [0.1, 0.15) is 0 Å². The molecule has 3 aromatic rings. The van der Waals surface area contributed by atoms with Crippen LogP contribution in [-0.2, 0) is 0 Å². The van der Waals surface area contributed by atoms with E-state index in [1.807, 2.05) is 24.3 Å². The zero-order valence-electron chi connectivity index (χ0n) is 10.7. The van der Waals surface area contributed by atoms with Crippen molar-refractivity contribution in [3.63, 3.8) is 0 Å². The van der Waals surface area contributed by atoms with Gasteiger partial charge in [0.15, 0.2) is 0 Å². The molecule has 0 bridgehead atoms. The van der Waals surface area contributed by atoms with E-state index >= 15 is 0 Å². The van der Waals surface area contributed by atoms with Crippen molar-refractivity contribution in [1.82, 2.24) is 9.97 Å². The summed E-state index contributed by atoms with van der Waals surface area (Å²) in [6.45, 7) is 0. The lowest BCUT2D eigenvalue weighted by Crippen LogP contribution is -1.91. The minimum absolute atomic E-state index is 0.591. The van der Waals surface area contributed by atoms with E-state index in [1.165, 1.54) is 6.33 Å². The molecule has 0 amide bonds. The predicted molar refractivity (Wildman–Crippen MR) is 87.9 cm³/mol. The van der Waals surface area contributed by atoms with Crippen LogP contribution in [0.15, 0.2) is 55.0 Å². The molecule has 3 rings (SSSR count). The van der Waals surface area contributed by atoms with Gasteiger partial charge in [-0.25, -0.2) is 9.97 Å². The molecule has 0 aliphatic rings. The Labute approximate surface area is 137 Å². The Morgan fingerprint density at radius 1 is 0.762 bits per heavy atom.